The smallest absolute Gasteiger partial charge is 0.322 e. The zero-order chi connectivity index (χ0) is 14.9. The highest BCUT2D eigenvalue weighted by molar-refractivity contribution is 5.96. The van der Waals surface area contributed by atoms with Gasteiger partial charge in [0.05, 0.1) is 0 Å². The van der Waals surface area contributed by atoms with Crippen molar-refractivity contribution >= 4 is 17.2 Å². The number of nitrogens with zero attached hydrogens (tertiary/aromatic N) is 4. The molecule has 110 valence electrons. The number of rotatable bonds is 3. The Morgan fingerprint density at radius 1 is 1.14 bits per heavy atom. The topological polar surface area (TPSA) is 59.7 Å². The van der Waals surface area contributed by atoms with E-state index in [-0.39, 0.29) is 12.5 Å². The molecule has 6 heteroatoms. The van der Waals surface area contributed by atoms with Gasteiger partial charge in [0, 0.05) is 18.4 Å². The van der Waals surface area contributed by atoms with E-state index in [2.05, 4.69) is 16.3 Å². The molecule has 3 heterocycles. The second-order valence-electron chi connectivity index (χ2n) is 5.12. The third-order valence-electron chi connectivity index (χ3n) is 3.80. The van der Waals surface area contributed by atoms with E-state index in [1.54, 1.807) is 15.5 Å². The van der Waals surface area contributed by atoms with E-state index < -0.39 is 0 Å². The number of fused-ring (bicyclic) bond motifs is 2. The van der Waals surface area contributed by atoms with Gasteiger partial charge in [0.1, 0.15) is 0 Å². The van der Waals surface area contributed by atoms with Crippen molar-refractivity contribution in [3.63, 3.8) is 0 Å². The highest BCUT2D eigenvalue weighted by Gasteiger charge is 2.24. The van der Waals surface area contributed by atoms with Gasteiger partial charge in [-0.2, -0.15) is 0 Å². The third-order valence-corrected chi connectivity index (χ3v) is 3.80. The lowest BCUT2D eigenvalue weighted by molar-refractivity contribution is -0.120. The Bertz CT molecular complexity index is 843. The average Bonchev–Trinajstić information content (AvgIpc) is 3.17. The second-order valence-corrected chi connectivity index (χ2v) is 5.12. The number of carbonyl (C=O) groups is 1. The standard InChI is InChI=1S/C16H14N4O2/c21-15(19-10-8-12-5-1-2-6-13(12)19)11-22-16-18-17-14-7-3-4-9-20(14)16/h1-7,9H,8,10-11H2. The van der Waals surface area contributed by atoms with Gasteiger partial charge in [-0.25, -0.2) is 0 Å². The summed E-state index contributed by atoms with van der Waals surface area (Å²) in [6.07, 6.45) is 2.69. The first-order valence-corrected chi connectivity index (χ1v) is 7.14. The molecule has 2 aromatic heterocycles. The minimum Gasteiger partial charge on any atom is -0.453 e. The Balaban J connectivity index is 1.49. The molecule has 0 atom stereocenters. The van der Waals surface area contributed by atoms with Crippen molar-refractivity contribution < 1.29 is 9.53 Å². The van der Waals surface area contributed by atoms with E-state index in [1.807, 2.05) is 36.4 Å². The summed E-state index contributed by atoms with van der Waals surface area (Å²) in [7, 11) is 0. The molecule has 0 radical (unpaired) electrons. The van der Waals surface area contributed by atoms with Gasteiger partial charge in [-0.15, -0.1) is 5.10 Å². The first-order valence-electron chi connectivity index (χ1n) is 7.14. The molecule has 0 saturated heterocycles. The molecule has 0 fully saturated rings. The summed E-state index contributed by atoms with van der Waals surface area (Å²) in [5, 5.41) is 7.95. The van der Waals surface area contributed by atoms with Crippen LogP contribution in [0.15, 0.2) is 48.7 Å². The summed E-state index contributed by atoms with van der Waals surface area (Å²) >= 11 is 0. The van der Waals surface area contributed by atoms with E-state index in [0.29, 0.717) is 18.2 Å². The van der Waals surface area contributed by atoms with Crippen LogP contribution < -0.4 is 9.64 Å². The summed E-state index contributed by atoms with van der Waals surface area (Å²) in [4.78, 5) is 14.1. The van der Waals surface area contributed by atoms with E-state index in [1.165, 1.54) is 5.56 Å². The lowest BCUT2D eigenvalue weighted by Gasteiger charge is -2.16. The van der Waals surface area contributed by atoms with Crippen molar-refractivity contribution in [1.29, 1.82) is 0 Å². The van der Waals surface area contributed by atoms with E-state index in [0.717, 1.165) is 12.1 Å². The largest absolute Gasteiger partial charge is 0.453 e. The molecular formula is C16H14N4O2. The first kappa shape index (κ1) is 12.8. The number of anilines is 1. The Kier molecular flexibility index (Phi) is 3.00. The first-order chi connectivity index (χ1) is 10.8. The van der Waals surface area contributed by atoms with Gasteiger partial charge in [-0.05, 0) is 30.2 Å². The number of pyridine rings is 1. The summed E-state index contributed by atoms with van der Waals surface area (Å²) in [6.45, 7) is 0.645. The van der Waals surface area contributed by atoms with Crippen molar-refractivity contribution in [2.24, 2.45) is 0 Å². The monoisotopic (exact) mass is 294 g/mol. The van der Waals surface area contributed by atoms with Gasteiger partial charge in [0.15, 0.2) is 12.3 Å². The molecule has 0 spiro atoms. The number of benzene rings is 1. The maximum Gasteiger partial charge on any atom is 0.322 e. The van der Waals surface area contributed by atoms with Crippen LogP contribution in [0.1, 0.15) is 5.56 Å². The van der Waals surface area contributed by atoms with Crippen molar-refractivity contribution in [3.8, 4) is 6.01 Å². The van der Waals surface area contributed by atoms with Gasteiger partial charge in [-0.1, -0.05) is 29.4 Å². The molecule has 0 saturated carbocycles. The van der Waals surface area contributed by atoms with Gasteiger partial charge in [-0.3, -0.25) is 9.20 Å². The van der Waals surface area contributed by atoms with Crippen LogP contribution in [-0.2, 0) is 11.2 Å². The normalized spacial score (nSPS) is 13.4. The maximum absolute atomic E-state index is 12.4. The third kappa shape index (κ3) is 2.09. The maximum atomic E-state index is 12.4. The van der Waals surface area contributed by atoms with Gasteiger partial charge in [0.2, 0.25) is 0 Å². The molecule has 0 N–H and O–H groups in total. The van der Waals surface area contributed by atoms with E-state index in [4.69, 9.17) is 4.74 Å². The molecule has 3 aromatic rings. The van der Waals surface area contributed by atoms with Crippen molar-refractivity contribution in [2.75, 3.05) is 18.1 Å². The van der Waals surface area contributed by atoms with Gasteiger partial charge in [0.25, 0.3) is 5.91 Å². The van der Waals surface area contributed by atoms with Crippen LogP contribution in [0, 0.1) is 0 Å². The number of aromatic nitrogens is 3. The highest BCUT2D eigenvalue weighted by Crippen LogP contribution is 2.27. The van der Waals surface area contributed by atoms with Crippen LogP contribution in [0.3, 0.4) is 0 Å². The molecular weight excluding hydrogens is 280 g/mol. The molecule has 0 aliphatic carbocycles. The molecule has 4 rings (SSSR count). The van der Waals surface area contributed by atoms with E-state index >= 15 is 0 Å². The summed E-state index contributed by atoms with van der Waals surface area (Å²) in [5.41, 5.74) is 2.86. The number of ether oxygens (including phenoxy) is 1. The minimum absolute atomic E-state index is 0.0516. The second kappa shape index (κ2) is 5.14. The van der Waals surface area contributed by atoms with Crippen LogP contribution in [0.25, 0.3) is 5.65 Å². The van der Waals surface area contributed by atoms with Gasteiger partial charge < -0.3 is 9.64 Å². The number of hydrogen-bond acceptors (Lipinski definition) is 4. The number of carbonyl (C=O) groups excluding carboxylic acids is 1. The summed E-state index contributed by atoms with van der Waals surface area (Å²) < 4.78 is 7.26. The van der Waals surface area contributed by atoms with Crippen LogP contribution in [-0.4, -0.2) is 33.7 Å². The number of para-hydroxylation sites is 1. The summed E-state index contributed by atoms with van der Waals surface area (Å²) in [6, 6.07) is 13.8. The fraction of sp³-hybridized carbons (Fsp3) is 0.188. The molecule has 22 heavy (non-hydrogen) atoms. The highest BCUT2D eigenvalue weighted by atomic mass is 16.5. The summed E-state index contributed by atoms with van der Waals surface area (Å²) in [5.74, 6) is -0.0716. The van der Waals surface area contributed by atoms with Crippen LogP contribution in [0.4, 0.5) is 5.69 Å². The van der Waals surface area contributed by atoms with Gasteiger partial charge >= 0.3 is 6.01 Å². The Labute approximate surface area is 127 Å². The van der Waals surface area contributed by atoms with Crippen LogP contribution in [0.2, 0.25) is 0 Å². The van der Waals surface area contributed by atoms with Crippen LogP contribution >= 0.6 is 0 Å². The van der Waals surface area contributed by atoms with E-state index in [9.17, 15) is 4.79 Å². The molecule has 1 aliphatic rings. The fourth-order valence-electron chi connectivity index (χ4n) is 2.72. The Morgan fingerprint density at radius 2 is 2.00 bits per heavy atom. The Morgan fingerprint density at radius 3 is 2.95 bits per heavy atom. The predicted molar refractivity (Wildman–Crippen MR) is 81.0 cm³/mol. The van der Waals surface area contributed by atoms with Crippen LogP contribution in [0.5, 0.6) is 6.01 Å². The Hall–Kier alpha value is -2.89. The zero-order valence-electron chi connectivity index (χ0n) is 11.8. The fourth-order valence-corrected chi connectivity index (χ4v) is 2.72. The molecule has 1 amide bonds. The van der Waals surface area contributed by atoms with Crippen molar-refractivity contribution in [1.82, 2.24) is 14.6 Å². The van der Waals surface area contributed by atoms with Crippen molar-refractivity contribution in [3.05, 3.63) is 54.2 Å². The lowest BCUT2D eigenvalue weighted by atomic mass is 10.2. The minimum atomic E-state index is -0.0716. The SMILES string of the molecule is O=C(COc1nnc2ccccn12)N1CCc2ccccc21. The molecule has 1 aromatic carbocycles. The number of amides is 1. The lowest BCUT2D eigenvalue weighted by Crippen LogP contribution is -2.33. The number of hydrogen-bond donors (Lipinski definition) is 0. The van der Waals surface area contributed by atoms with Crippen molar-refractivity contribution in [2.45, 2.75) is 6.42 Å². The predicted octanol–water partition coefficient (Wildman–Crippen LogP) is 1.70. The molecule has 1 aliphatic heterocycles. The molecule has 0 bridgehead atoms. The molecule has 6 nitrogen and oxygen atoms in total. The zero-order valence-corrected chi connectivity index (χ0v) is 11.8. The average molecular weight is 294 g/mol. The molecule has 0 unspecified atom stereocenters. The quantitative estimate of drug-likeness (QED) is 0.737.